The minimum absolute atomic E-state index is 0.0339. The van der Waals surface area contributed by atoms with E-state index in [-0.39, 0.29) is 5.91 Å². The van der Waals surface area contributed by atoms with Gasteiger partial charge in [-0.05, 0) is 45.9 Å². The molecule has 0 aliphatic carbocycles. The van der Waals surface area contributed by atoms with Gasteiger partial charge in [0.2, 0.25) is 5.91 Å². The van der Waals surface area contributed by atoms with Crippen LogP contribution in [0.5, 0.6) is 11.5 Å². The Morgan fingerprint density at radius 2 is 1.74 bits per heavy atom. The SMILES string of the molecule is CCNC(=O)C(C)(C)CN=C(NCC)N1CCN(Cc2cc(OC)ccc2OC)CC1. The Morgan fingerprint density at radius 3 is 2.32 bits per heavy atom. The number of nitrogens with one attached hydrogen (secondary N) is 2. The van der Waals surface area contributed by atoms with Crippen LogP contribution >= 0.6 is 0 Å². The van der Waals surface area contributed by atoms with Crippen LogP contribution in [0.1, 0.15) is 33.3 Å². The fraction of sp³-hybridized carbons (Fsp3) is 0.652. The third-order valence-electron chi connectivity index (χ3n) is 5.46. The number of benzene rings is 1. The molecule has 8 nitrogen and oxygen atoms in total. The zero-order valence-corrected chi connectivity index (χ0v) is 20.0. The minimum Gasteiger partial charge on any atom is -0.497 e. The molecule has 2 rings (SSSR count). The lowest BCUT2D eigenvalue weighted by molar-refractivity contribution is -0.128. The van der Waals surface area contributed by atoms with Crippen molar-refractivity contribution in [3.05, 3.63) is 23.8 Å². The first kappa shape index (κ1) is 24.8. The third-order valence-corrected chi connectivity index (χ3v) is 5.46. The first-order chi connectivity index (χ1) is 14.8. The second-order valence-corrected chi connectivity index (χ2v) is 8.35. The Hall–Kier alpha value is -2.48. The quantitative estimate of drug-likeness (QED) is 0.458. The molecule has 1 amide bonds. The number of carbonyl (C=O) groups is 1. The lowest BCUT2D eigenvalue weighted by Gasteiger charge is -2.37. The molecule has 0 aromatic heterocycles. The van der Waals surface area contributed by atoms with Crippen molar-refractivity contribution < 1.29 is 14.3 Å². The van der Waals surface area contributed by atoms with E-state index in [0.717, 1.165) is 62.3 Å². The smallest absolute Gasteiger partial charge is 0.227 e. The van der Waals surface area contributed by atoms with E-state index in [1.54, 1.807) is 14.2 Å². The molecule has 174 valence electrons. The summed E-state index contributed by atoms with van der Waals surface area (Å²) >= 11 is 0. The summed E-state index contributed by atoms with van der Waals surface area (Å²) in [5.74, 6) is 2.63. The first-order valence-electron chi connectivity index (χ1n) is 11.1. The molecule has 1 aliphatic heterocycles. The number of methoxy groups -OCH3 is 2. The highest BCUT2D eigenvalue weighted by Crippen LogP contribution is 2.25. The Labute approximate surface area is 187 Å². The fourth-order valence-electron chi connectivity index (χ4n) is 3.53. The first-order valence-corrected chi connectivity index (χ1v) is 11.1. The number of guanidine groups is 1. The van der Waals surface area contributed by atoms with Crippen molar-refractivity contribution in [1.29, 1.82) is 0 Å². The molecule has 1 saturated heterocycles. The van der Waals surface area contributed by atoms with Crippen molar-refractivity contribution in [2.75, 3.05) is 60.0 Å². The summed E-state index contributed by atoms with van der Waals surface area (Å²) < 4.78 is 10.9. The van der Waals surface area contributed by atoms with Crippen molar-refractivity contribution in [2.45, 2.75) is 34.2 Å². The molecule has 0 bridgehead atoms. The van der Waals surface area contributed by atoms with Crippen molar-refractivity contribution in [3.63, 3.8) is 0 Å². The molecule has 8 heteroatoms. The molecule has 0 unspecified atom stereocenters. The highest BCUT2D eigenvalue weighted by molar-refractivity contribution is 5.83. The molecule has 1 heterocycles. The maximum absolute atomic E-state index is 12.3. The van der Waals surface area contributed by atoms with E-state index in [9.17, 15) is 4.79 Å². The van der Waals surface area contributed by atoms with Crippen LogP contribution in [-0.4, -0.2) is 81.7 Å². The molecule has 1 aromatic carbocycles. The van der Waals surface area contributed by atoms with Gasteiger partial charge in [-0.15, -0.1) is 0 Å². The Morgan fingerprint density at radius 1 is 1.06 bits per heavy atom. The van der Waals surface area contributed by atoms with Gasteiger partial charge < -0.3 is 25.0 Å². The molecule has 0 atom stereocenters. The fourth-order valence-corrected chi connectivity index (χ4v) is 3.53. The summed E-state index contributed by atoms with van der Waals surface area (Å²) in [6.45, 7) is 14.1. The zero-order chi connectivity index (χ0) is 22.9. The number of carbonyl (C=O) groups excluding carboxylic acids is 1. The van der Waals surface area contributed by atoms with E-state index in [0.29, 0.717) is 13.1 Å². The van der Waals surface area contributed by atoms with Gasteiger partial charge in [0.25, 0.3) is 0 Å². The van der Waals surface area contributed by atoms with Crippen molar-refractivity contribution in [2.24, 2.45) is 10.4 Å². The number of hydrogen-bond donors (Lipinski definition) is 2. The van der Waals surface area contributed by atoms with E-state index < -0.39 is 5.41 Å². The Balaban J connectivity index is 2.00. The third kappa shape index (κ3) is 7.02. The zero-order valence-electron chi connectivity index (χ0n) is 20.0. The molecule has 31 heavy (non-hydrogen) atoms. The summed E-state index contributed by atoms with van der Waals surface area (Å²) in [6.07, 6.45) is 0. The van der Waals surface area contributed by atoms with Gasteiger partial charge in [-0.2, -0.15) is 0 Å². The number of amides is 1. The number of rotatable bonds is 9. The van der Waals surface area contributed by atoms with E-state index in [2.05, 4.69) is 27.4 Å². The van der Waals surface area contributed by atoms with Crippen LogP contribution in [0.4, 0.5) is 0 Å². The Kier molecular flexibility index (Phi) is 9.43. The lowest BCUT2D eigenvalue weighted by Crippen LogP contribution is -2.52. The summed E-state index contributed by atoms with van der Waals surface area (Å²) in [7, 11) is 3.38. The average Bonchev–Trinajstić information content (AvgIpc) is 2.77. The predicted molar refractivity (Wildman–Crippen MR) is 125 cm³/mol. The van der Waals surface area contributed by atoms with Crippen molar-refractivity contribution >= 4 is 11.9 Å². The van der Waals surface area contributed by atoms with Crippen LogP contribution in [0.25, 0.3) is 0 Å². The molecule has 1 aromatic rings. The van der Waals surface area contributed by atoms with Crippen LogP contribution in [-0.2, 0) is 11.3 Å². The average molecular weight is 434 g/mol. The number of nitrogens with zero attached hydrogens (tertiary/aromatic N) is 3. The molecular formula is C23H39N5O3. The van der Waals surface area contributed by atoms with Crippen LogP contribution in [0.2, 0.25) is 0 Å². The molecule has 2 N–H and O–H groups in total. The maximum Gasteiger partial charge on any atom is 0.227 e. The van der Waals surface area contributed by atoms with E-state index in [1.807, 2.05) is 39.0 Å². The molecular weight excluding hydrogens is 394 g/mol. The van der Waals surface area contributed by atoms with Gasteiger partial charge in [-0.1, -0.05) is 0 Å². The summed E-state index contributed by atoms with van der Waals surface area (Å²) in [5.41, 5.74) is 0.584. The van der Waals surface area contributed by atoms with Crippen LogP contribution in [0, 0.1) is 5.41 Å². The van der Waals surface area contributed by atoms with E-state index in [1.165, 1.54) is 0 Å². The van der Waals surface area contributed by atoms with Gasteiger partial charge in [-0.25, -0.2) is 0 Å². The second kappa shape index (κ2) is 11.8. The topological polar surface area (TPSA) is 78.4 Å². The van der Waals surface area contributed by atoms with Crippen LogP contribution in [0.3, 0.4) is 0 Å². The molecule has 0 radical (unpaired) electrons. The molecule has 0 saturated carbocycles. The van der Waals surface area contributed by atoms with Gasteiger partial charge in [-0.3, -0.25) is 14.7 Å². The van der Waals surface area contributed by atoms with Gasteiger partial charge >= 0.3 is 0 Å². The van der Waals surface area contributed by atoms with Crippen LogP contribution in [0.15, 0.2) is 23.2 Å². The predicted octanol–water partition coefficient (Wildman–Crippen LogP) is 1.95. The van der Waals surface area contributed by atoms with Gasteiger partial charge in [0.1, 0.15) is 11.5 Å². The summed E-state index contributed by atoms with van der Waals surface area (Å²) in [4.78, 5) is 21.8. The summed E-state index contributed by atoms with van der Waals surface area (Å²) in [6, 6.07) is 5.92. The summed E-state index contributed by atoms with van der Waals surface area (Å²) in [5, 5.41) is 6.28. The molecule has 1 fully saturated rings. The number of aliphatic imine (C=N–C) groups is 1. The molecule has 0 spiro atoms. The largest absolute Gasteiger partial charge is 0.497 e. The number of ether oxygens (including phenoxy) is 2. The minimum atomic E-state index is -0.540. The highest BCUT2D eigenvalue weighted by Gasteiger charge is 2.28. The van der Waals surface area contributed by atoms with Gasteiger partial charge in [0, 0.05) is 51.4 Å². The standard InChI is InChI=1S/C23H39N5O3/c1-7-24-21(29)23(3,4)17-26-22(25-8-2)28-13-11-27(12-14-28)16-18-15-19(30-5)9-10-20(18)31-6/h9-10,15H,7-8,11-14,16-17H2,1-6H3,(H,24,29)(H,25,26). The van der Waals surface area contributed by atoms with Crippen molar-refractivity contribution in [3.8, 4) is 11.5 Å². The second-order valence-electron chi connectivity index (χ2n) is 8.35. The van der Waals surface area contributed by atoms with Gasteiger partial charge in [0.15, 0.2) is 5.96 Å². The monoisotopic (exact) mass is 433 g/mol. The number of piperazine rings is 1. The maximum atomic E-state index is 12.3. The van der Waals surface area contributed by atoms with Crippen LogP contribution < -0.4 is 20.1 Å². The number of hydrogen-bond acceptors (Lipinski definition) is 5. The Bertz CT molecular complexity index is 743. The highest BCUT2D eigenvalue weighted by atomic mass is 16.5. The molecule has 1 aliphatic rings. The van der Waals surface area contributed by atoms with Gasteiger partial charge in [0.05, 0.1) is 26.2 Å². The lowest BCUT2D eigenvalue weighted by atomic mass is 9.92. The normalized spacial score (nSPS) is 15.5. The van der Waals surface area contributed by atoms with E-state index in [4.69, 9.17) is 14.5 Å². The van der Waals surface area contributed by atoms with E-state index >= 15 is 0 Å². The van der Waals surface area contributed by atoms with Crippen molar-refractivity contribution in [1.82, 2.24) is 20.4 Å².